The third kappa shape index (κ3) is 6.32. The molecule has 30 heavy (non-hydrogen) atoms. The first kappa shape index (κ1) is 24.4. The van der Waals surface area contributed by atoms with Gasteiger partial charge in [0, 0.05) is 5.92 Å². The Morgan fingerprint density at radius 3 is 1.43 bits per heavy atom. The molecule has 0 heterocycles. The van der Waals surface area contributed by atoms with Gasteiger partial charge in [-0.25, -0.2) is 9.59 Å². The van der Waals surface area contributed by atoms with E-state index in [9.17, 15) is 19.8 Å². The van der Waals surface area contributed by atoms with Crippen molar-refractivity contribution in [3.8, 4) is 11.5 Å². The maximum atomic E-state index is 12.3. The smallest absolute Gasteiger partial charge is 0.338 e. The lowest BCUT2D eigenvalue weighted by molar-refractivity contribution is 0.0246. The minimum Gasteiger partial charge on any atom is -0.505 e. The molecule has 2 aromatic rings. The lowest BCUT2D eigenvalue weighted by Crippen LogP contribution is -2.21. The van der Waals surface area contributed by atoms with Crippen molar-refractivity contribution in [2.24, 2.45) is 5.92 Å². The van der Waals surface area contributed by atoms with E-state index in [2.05, 4.69) is 0 Å². The molecule has 0 fully saturated rings. The molecule has 0 spiro atoms. The van der Waals surface area contributed by atoms with Crippen LogP contribution in [0.5, 0.6) is 11.5 Å². The standard InChI is InChI=1S/C20H18Cl4O6/c1-2-3-10(8-29-19(27)11-4-13(21)17(25)14(22)5-11)9-30-20(28)12-6-15(23)18(26)16(24)7-12/h4-7,10,25-26H,2-3,8-9H2,1H3. The fourth-order valence-corrected chi connectivity index (χ4v) is 3.52. The Hall–Kier alpha value is -1.86. The van der Waals surface area contributed by atoms with Gasteiger partial charge in [0.15, 0.2) is 11.5 Å². The van der Waals surface area contributed by atoms with Crippen LogP contribution in [0.3, 0.4) is 0 Å². The molecule has 2 N–H and O–H groups in total. The van der Waals surface area contributed by atoms with Crippen molar-refractivity contribution in [3.63, 3.8) is 0 Å². The fourth-order valence-electron chi connectivity index (χ4n) is 2.54. The van der Waals surface area contributed by atoms with Gasteiger partial charge in [-0.15, -0.1) is 0 Å². The second-order valence-corrected chi connectivity index (χ2v) is 8.06. The highest BCUT2D eigenvalue weighted by Crippen LogP contribution is 2.34. The minimum atomic E-state index is -0.677. The average molecular weight is 496 g/mol. The molecule has 0 saturated carbocycles. The first-order valence-corrected chi connectivity index (χ1v) is 10.4. The monoisotopic (exact) mass is 494 g/mol. The maximum absolute atomic E-state index is 12.3. The summed E-state index contributed by atoms with van der Waals surface area (Å²) >= 11 is 23.3. The number of phenolic OH excluding ortho intramolecular Hbond substituents is 2. The molecular formula is C20H18Cl4O6. The van der Waals surface area contributed by atoms with Crippen molar-refractivity contribution >= 4 is 58.3 Å². The van der Waals surface area contributed by atoms with Crippen LogP contribution in [-0.4, -0.2) is 35.4 Å². The number of carbonyl (C=O) groups is 2. The molecule has 162 valence electrons. The Labute approximate surface area is 193 Å². The van der Waals surface area contributed by atoms with Gasteiger partial charge in [0.1, 0.15) is 0 Å². The summed E-state index contributed by atoms with van der Waals surface area (Å²) in [7, 11) is 0. The molecule has 6 nitrogen and oxygen atoms in total. The zero-order valence-corrected chi connectivity index (χ0v) is 18.8. The molecule has 2 rings (SSSR count). The van der Waals surface area contributed by atoms with E-state index in [1.165, 1.54) is 24.3 Å². The Bertz CT molecular complexity index is 827. The molecule has 0 aromatic heterocycles. The molecule has 0 aliphatic heterocycles. The molecule has 0 amide bonds. The van der Waals surface area contributed by atoms with Crippen molar-refractivity contribution < 1.29 is 29.3 Å². The van der Waals surface area contributed by atoms with Gasteiger partial charge < -0.3 is 19.7 Å². The van der Waals surface area contributed by atoms with Gasteiger partial charge in [-0.05, 0) is 30.7 Å². The van der Waals surface area contributed by atoms with Gasteiger partial charge in [0.2, 0.25) is 0 Å². The number of benzene rings is 2. The molecule has 0 radical (unpaired) electrons. The number of phenols is 2. The molecule has 0 unspecified atom stereocenters. The third-order valence-corrected chi connectivity index (χ3v) is 5.25. The predicted molar refractivity (Wildman–Crippen MR) is 115 cm³/mol. The lowest BCUT2D eigenvalue weighted by Gasteiger charge is -2.17. The summed E-state index contributed by atoms with van der Waals surface area (Å²) in [5.74, 6) is -2.25. The van der Waals surface area contributed by atoms with Crippen molar-refractivity contribution in [1.82, 2.24) is 0 Å². The number of ether oxygens (including phenoxy) is 2. The zero-order chi connectivity index (χ0) is 22.4. The molecular weight excluding hydrogens is 478 g/mol. The predicted octanol–water partition coefficient (Wildman–Crippen LogP) is 6.14. The summed E-state index contributed by atoms with van der Waals surface area (Å²) in [5, 5.41) is 18.9. The maximum Gasteiger partial charge on any atom is 0.338 e. The summed E-state index contributed by atoms with van der Waals surface area (Å²) < 4.78 is 10.6. The summed E-state index contributed by atoms with van der Waals surface area (Å²) in [6.07, 6.45) is 1.40. The number of carbonyl (C=O) groups excluding carboxylic acids is 2. The largest absolute Gasteiger partial charge is 0.505 e. The SMILES string of the molecule is CCCC(COC(=O)c1cc(Cl)c(O)c(Cl)c1)COC(=O)c1cc(Cl)c(O)c(Cl)c1. The van der Waals surface area contributed by atoms with E-state index in [-0.39, 0.29) is 61.8 Å². The number of halogens is 4. The number of rotatable bonds is 8. The van der Waals surface area contributed by atoms with Crippen LogP contribution in [0.15, 0.2) is 24.3 Å². The highest BCUT2D eigenvalue weighted by molar-refractivity contribution is 6.38. The minimum absolute atomic E-state index is 0.00679. The third-order valence-electron chi connectivity index (χ3n) is 4.10. The van der Waals surface area contributed by atoms with E-state index in [0.717, 1.165) is 6.42 Å². The van der Waals surface area contributed by atoms with Crippen LogP contribution in [0.25, 0.3) is 0 Å². The van der Waals surface area contributed by atoms with Crippen LogP contribution < -0.4 is 0 Å². The van der Waals surface area contributed by atoms with Crippen LogP contribution in [0.4, 0.5) is 0 Å². The van der Waals surface area contributed by atoms with Crippen molar-refractivity contribution in [1.29, 1.82) is 0 Å². The van der Waals surface area contributed by atoms with Crippen LogP contribution >= 0.6 is 46.4 Å². The second kappa shape index (κ2) is 11.0. The molecule has 0 atom stereocenters. The van der Waals surface area contributed by atoms with Crippen molar-refractivity contribution in [2.75, 3.05) is 13.2 Å². The van der Waals surface area contributed by atoms with Gasteiger partial charge in [-0.2, -0.15) is 0 Å². The Balaban J connectivity index is 1.97. The van der Waals surface area contributed by atoms with E-state index in [4.69, 9.17) is 55.9 Å². The van der Waals surface area contributed by atoms with Crippen molar-refractivity contribution in [3.05, 3.63) is 55.5 Å². The van der Waals surface area contributed by atoms with E-state index in [0.29, 0.717) is 6.42 Å². The highest BCUT2D eigenvalue weighted by atomic mass is 35.5. The molecule has 10 heteroatoms. The first-order chi connectivity index (χ1) is 14.1. The quantitative estimate of drug-likeness (QED) is 0.427. The number of hydrogen-bond acceptors (Lipinski definition) is 6. The van der Waals surface area contributed by atoms with Gasteiger partial charge in [0.25, 0.3) is 0 Å². The highest BCUT2D eigenvalue weighted by Gasteiger charge is 2.19. The number of hydrogen-bond donors (Lipinski definition) is 2. The normalized spacial score (nSPS) is 10.9. The summed E-state index contributed by atoms with van der Waals surface area (Å²) in [5.41, 5.74) is 0.173. The van der Waals surface area contributed by atoms with E-state index in [1.54, 1.807) is 0 Å². The number of esters is 2. The average Bonchev–Trinajstić information content (AvgIpc) is 2.70. The van der Waals surface area contributed by atoms with Crippen LogP contribution in [0.1, 0.15) is 40.5 Å². The molecule has 2 aromatic carbocycles. The van der Waals surface area contributed by atoms with Crippen molar-refractivity contribution in [2.45, 2.75) is 19.8 Å². The van der Waals surface area contributed by atoms with Gasteiger partial charge >= 0.3 is 11.9 Å². The molecule has 0 aliphatic rings. The Morgan fingerprint density at radius 1 is 0.800 bits per heavy atom. The number of aromatic hydroxyl groups is 2. The molecule has 0 saturated heterocycles. The Kier molecular flexibility index (Phi) is 8.92. The summed E-state index contributed by atoms with van der Waals surface area (Å²) in [6, 6.07) is 4.99. The summed E-state index contributed by atoms with van der Waals surface area (Å²) in [4.78, 5) is 24.5. The Morgan fingerprint density at radius 2 is 1.13 bits per heavy atom. The van der Waals surface area contributed by atoms with Gasteiger partial charge in [-0.3, -0.25) is 0 Å². The second-order valence-electron chi connectivity index (χ2n) is 6.43. The zero-order valence-electron chi connectivity index (χ0n) is 15.8. The van der Waals surface area contributed by atoms with Crippen LogP contribution in [0, 0.1) is 5.92 Å². The van der Waals surface area contributed by atoms with Crippen LogP contribution in [0.2, 0.25) is 20.1 Å². The molecule has 0 bridgehead atoms. The summed E-state index contributed by atoms with van der Waals surface area (Å²) in [6.45, 7) is 1.93. The van der Waals surface area contributed by atoms with Crippen LogP contribution in [-0.2, 0) is 9.47 Å². The first-order valence-electron chi connectivity index (χ1n) is 8.84. The van der Waals surface area contributed by atoms with E-state index < -0.39 is 11.9 Å². The topological polar surface area (TPSA) is 93.1 Å². The lowest BCUT2D eigenvalue weighted by atomic mass is 10.1. The van der Waals surface area contributed by atoms with Gasteiger partial charge in [0.05, 0.1) is 44.4 Å². The van der Waals surface area contributed by atoms with E-state index >= 15 is 0 Å². The fraction of sp³-hybridized carbons (Fsp3) is 0.300. The van der Waals surface area contributed by atoms with Gasteiger partial charge in [-0.1, -0.05) is 59.7 Å². The van der Waals surface area contributed by atoms with E-state index in [1.807, 2.05) is 6.92 Å². The molecule has 0 aliphatic carbocycles.